The molecule has 1 N–H and O–H groups in total. The number of fused-ring (bicyclic) bond motifs is 5. The molecule has 1 amide bonds. The zero-order chi connectivity index (χ0) is 17.2. The van der Waals surface area contributed by atoms with Crippen LogP contribution in [0.1, 0.15) is 43.4 Å². The highest BCUT2D eigenvalue weighted by Crippen LogP contribution is 2.55. The first-order valence-electron chi connectivity index (χ1n) is 8.90. The number of para-hydroxylation sites is 1. The number of carbonyl (C=O) groups excluding carboxylic acids is 1. The zero-order valence-electron chi connectivity index (χ0n) is 14.5. The first-order chi connectivity index (χ1) is 12.0. The van der Waals surface area contributed by atoms with Crippen molar-refractivity contribution in [2.24, 2.45) is 0 Å². The van der Waals surface area contributed by atoms with Crippen LogP contribution in [0.4, 0.5) is 5.69 Å². The molecule has 0 bridgehead atoms. The number of hydrogen-bond donors (Lipinski definition) is 1. The van der Waals surface area contributed by atoms with E-state index in [0.717, 1.165) is 47.8 Å². The maximum absolute atomic E-state index is 13.2. The van der Waals surface area contributed by atoms with Crippen LogP contribution in [0.3, 0.4) is 0 Å². The maximum Gasteiger partial charge on any atom is 0.239 e. The van der Waals surface area contributed by atoms with Gasteiger partial charge in [0.25, 0.3) is 0 Å². The van der Waals surface area contributed by atoms with Crippen LogP contribution in [0.5, 0.6) is 11.5 Å². The second-order valence-electron chi connectivity index (χ2n) is 7.85. The van der Waals surface area contributed by atoms with Crippen molar-refractivity contribution < 1.29 is 14.3 Å². The van der Waals surface area contributed by atoms with E-state index in [1.807, 2.05) is 38.1 Å². The predicted octanol–water partition coefficient (Wildman–Crippen LogP) is 3.81. The molecule has 25 heavy (non-hydrogen) atoms. The van der Waals surface area contributed by atoms with E-state index in [-0.39, 0.29) is 5.91 Å². The molecule has 0 fully saturated rings. The molecule has 3 heterocycles. The molecule has 2 aromatic rings. The standard InChI is InChI=1S/C21H21NO3/c1-20(2)12-21(14-7-3-4-8-16(14)22-19(21)23)15-10-13-6-5-9-24-17(13)11-18(15)25-20/h3-4,7-8,10-11H,5-6,9,12H2,1-2H3,(H,22,23). The smallest absolute Gasteiger partial charge is 0.239 e. The molecule has 0 saturated carbocycles. The highest BCUT2D eigenvalue weighted by atomic mass is 16.5. The predicted molar refractivity (Wildman–Crippen MR) is 95.4 cm³/mol. The van der Waals surface area contributed by atoms with Gasteiger partial charge in [-0.25, -0.2) is 0 Å². The minimum atomic E-state index is -0.694. The van der Waals surface area contributed by atoms with E-state index < -0.39 is 11.0 Å². The van der Waals surface area contributed by atoms with Gasteiger partial charge in [0.1, 0.15) is 22.5 Å². The number of amides is 1. The molecule has 0 saturated heterocycles. The molecule has 1 atom stereocenters. The summed E-state index contributed by atoms with van der Waals surface area (Å²) in [6.07, 6.45) is 2.61. The summed E-state index contributed by atoms with van der Waals surface area (Å²) < 4.78 is 12.1. The molecule has 128 valence electrons. The number of ether oxygens (including phenoxy) is 2. The molecule has 3 aliphatic rings. The van der Waals surface area contributed by atoms with Crippen LogP contribution < -0.4 is 14.8 Å². The van der Waals surface area contributed by atoms with Gasteiger partial charge >= 0.3 is 0 Å². The molecule has 4 heteroatoms. The number of benzene rings is 2. The Morgan fingerprint density at radius 1 is 1.08 bits per heavy atom. The van der Waals surface area contributed by atoms with Gasteiger partial charge in [-0.2, -0.15) is 0 Å². The summed E-state index contributed by atoms with van der Waals surface area (Å²) in [5.74, 6) is 1.70. The highest BCUT2D eigenvalue weighted by Gasteiger charge is 2.55. The largest absolute Gasteiger partial charge is 0.493 e. The second kappa shape index (κ2) is 4.78. The molecule has 1 unspecified atom stereocenters. The van der Waals surface area contributed by atoms with E-state index in [2.05, 4.69) is 17.4 Å². The fourth-order valence-electron chi connectivity index (χ4n) is 4.62. The lowest BCUT2D eigenvalue weighted by atomic mass is 9.67. The number of aryl methyl sites for hydroxylation is 1. The van der Waals surface area contributed by atoms with E-state index in [0.29, 0.717) is 6.42 Å². The topological polar surface area (TPSA) is 47.6 Å². The summed E-state index contributed by atoms with van der Waals surface area (Å²) in [6, 6.07) is 12.1. The lowest BCUT2D eigenvalue weighted by Gasteiger charge is -2.43. The maximum atomic E-state index is 13.2. The molecular formula is C21H21NO3. The summed E-state index contributed by atoms with van der Waals surface area (Å²) >= 11 is 0. The van der Waals surface area contributed by atoms with Crippen molar-refractivity contribution in [3.63, 3.8) is 0 Å². The van der Waals surface area contributed by atoms with Crippen LogP contribution in [0.15, 0.2) is 36.4 Å². The third-order valence-electron chi connectivity index (χ3n) is 5.57. The van der Waals surface area contributed by atoms with E-state index in [4.69, 9.17) is 9.47 Å². The van der Waals surface area contributed by atoms with Crippen molar-refractivity contribution in [1.82, 2.24) is 0 Å². The summed E-state index contributed by atoms with van der Waals surface area (Å²) in [6.45, 7) is 4.84. The monoisotopic (exact) mass is 335 g/mol. The molecule has 0 aliphatic carbocycles. The fourth-order valence-corrected chi connectivity index (χ4v) is 4.62. The van der Waals surface area contributed by atoms with Gasteiger partial charge in [-0.05, 0) is 49.9 Å². The number of rotatable bonds is 0. The first-order valence-corrected chi connectivity index (χ1v) is 8.90. The average molecular weight is 335 g/mol. The Kier molecular flexibility index (Phi) is 2.83. The fraction of sp³-hybridized carbons (Fsp3) is 0.381. The van der Waals surface area contributed by atoms with Crippen molar-refractivity contribution in [3.8, 4) is 11.5 Å². The van der Waals surface area contributed by atoms with Crippen molar-refractivity contribution in [1.29, 1.82) is 0 Å². The summed E-state index contributed by atoms with van der Waals surface area (Å²) in [5, 5.41) is 3.09. The Morgan fingerprint density at radius 3 is 2.80 bits per heavy atom. The minimum Gasteiger partial charge on any atom is -0.493 e. The molecular weight excluding hydrogens is 314 g/mol. The Bertz CT molecular complexity index is 902. The number of carbonyl (C=O) groups is 1. The van der Waals surface area contributed by atoms with Gasteiger partial charge in [-0.3, -0.25) is 4.79 Å². The van der Waals surface area contributed by atoms with E-state index in [1.54, 1.807) is 0 Å². The Balaban J connectivity index is 1.81. The lowest BCUT2D eigenvalue weighted by Crippen LogP contribution is -2.48. The van der Waals surface area contributed by atoms with Crippen molar-refractivity contribution in [3.05, 3.63) is 53.1 Å². The molecule has 5 rings (SSSR count). The van der Waals surface area contributed by atoms with Crippen LogP contribution in [-0.4, -0.2) is 18.1 Å². The zero-order valence-corrected chi connectivity index (χ0v) is 14.5. The van der Waals surface area contributed by atoms with Crippen LogP contribution >= 0.6 is 0 Å². The first kappa shape index (κ1) is 14.8. The Morgan fingerprint density at radius 2 is 1.92 bits per heavy atom. The van der Waals surface area contributed by atoms with Gasteiger partial charge in [0.05, 0.1) is 6.61 Å². The van der Waals surface area contributed by atoms with E-state index in [9.17, 15) is 4.79 Å². The van der Waals surface area contributed by atoms with Crippen LogP contribution in [0.25, 0.3) is 0 Å². The quantitative estimate of drug-likeness (QED) is 0.796. The molecule has 1 spiro atoms. The van der Waals surface area contributed by atoms with Gasteiger partial charge in [0.2, 0.25) is 5.91 Å². The number of hydrogen-bond acceptors (Lipinski definition) is 3. The van der Waals surface area contributed by atoms with E-state index in [1.165, 1.54) is 5.56 Å². The van der Waals surface area contributed by atoms with Gasteiger partial charge < -0.3 is 14.8 Å². The van der Waals surface area contributed by atoms with Crippen molar-refractivity contribution in [2.75, 3.05) is 11.9 Å². The van der Waals surface area contributed by atoms with Gasteiger partial charge in [-0.15, -0.1) is 0 Å². The average Bonchev–Trinajstić information content (AvgIpc) is 2.85. The van der Waals surface area contributed by atoms with Crippen molar-refractivity contribution in [2.45, 2.75) is 44.1 Å². The second-order valence-corrected chi connectivity index (χ2v) is 7.85. The van der Waals surface area contributed by atoms with Crippen molar-refractivity contribution >= 4 is 11.6 Å². The molecule has 2 aromatic carbocycles. The molecule has 4 nitrogen and oxygen atoms in total. The van der Waals surface area contributed by atoms with Crippen LogP contribution in [-0.2, 0) is 16.6 Å². The Hall–Kier alpha value is -2.49. The number of nitrogens with one attached hydrogen (secondary N) is 1. The van der Waals surface area contributed by atoms with Gasteiger partial charge in [0.15, 0.2) is 0 Å². The van der Waals surface area contributed by atoms with Crippen LogP contribution in [0, 0.1) is 0 Å². The lowest BCUT2D eigenvalue weighted by molar-refractivity contribution is -0.122. The number of anilines is 1. The van der Waals surface area contributed by atoms with E-state index >= 15 is 0 Å². The third-order valence-corrected chi connectivity index (χ3v) is 5.57. The molecule has 0 aromatic heterocycles. The summed E-state index contributed by atoms with van der Waals surface area (Å²) in [5.41, 5.74) is 2.97. The SMILES string of the molecule is CC1(C)CC2(C(=O)Nc3ccccc32)c2cc3c(cc2O1)OCCC3. The Labute approximate surface area is 147 Å². The summed E-state index contributed by atoms with van der Waals surface area (Å²) in [7, 11) is 0. The summed E-state index contributed by atoms with van der Waals surface area (Å²) in [4.78, 5) is 13.2. The normalized spacial score (nSPS) is 25.3. The minimum absolute atomic E-state index is 0.0444. The van der Waals surface area contributed by atoms with Gasteiger partial charge in [-0.1, -0.05) is 18.2 Å². The third kappa shape index (κ3) is 1.97. The van der Waals surface area contributed by atoms with Crippen LogP contribution in [0.2, 0.25) is 0 Å². The highest BCUT2D eigenvalue weighted by molar-refractivity contribution is 6.09. The molecule has 3 aliphatic heterocycles. The van der Waals surface area contributed by atoms with Gasteiger partial charge in [0, 0.05) is 23.7 Å². The molecule has 0 radical (unpaired) electrons.